The fourth-order valence-electron chi connectivity index (χ4n) is 4.45. The number of benzene rings is 2. The highest BCUT2D eigenvalue weighted by Gasteiger charge is 2.32. The molecule has 28 heavy (non-hydrogen) atoms. The summed E-state index contributed by atoms with van der Waals surface area (Å²) < 4.78 is 2.24. The molecule has 0 saturated heterocycles. The monoisotopic (exact) mass is 375 g/mol. The van der Waals surface area contributed by atoms with E-state index in [1.54, 1.807) is 12.1 Å². The van der Waals surface area contributed by atoms with E-state index in [4.69, 9.17) is 0 Å². The minimum atomic E-state index is -0.261. The van der Waals surface area contributed by atoms with Gasteiger partial charge in [-0.1, -0.05) is 47.5 Å². The molecule has 0 saturated carbocycles. The van der Waals surface area contributed by atoms with E-state index in [2.05, 4.69) is 53.8 Å². The van der Waals surface area contributed by atoms with Gasteiger partial charge in [0.1, 0.15) is 0 Å². The van der Waals surface area contributed by atoms with Gasteiger partial charge in [-0.3, -0.25) is 15.0 Å². The largest absolute Gasteiger partial charge is 0.350 e. The molecule has 4 rings (SSSR count). The Morgan fingerprint density at radius 1 is 1.04 bits per heavy atom. The smallest absolute Gasteiger partial charge is 0.274 e. The summed E-state index contributed by atoms with van der Waals surface area (Å²) in [6, 6.07) is 17.8. The van der Waals surface area contributed by atoms with Crippen LogP contribution in [-0.4, -0.2) is 20.9 Å². The number of aromatic nitrogens is 1. The van der Waals surface area contributed by atoms with Gasteiger partial charge in [0.25, 0.3) is 5.69 Å². The van der Waals surface area contributed by atoms with Crippen molar-refractivity contribution in [2.24, 2.45) is 0 Å². The van der Waals surface area contributed by atoms with Crippen LogP contribution in [0.2, 0.25) is 0 Å². The molecule has 1 aromatic heterocycles. The van der Waals surface area contributed by atoms with E-state index in [0.29, 0.717) is 0 Å². The highest BCUT2D eigenvalue weighted by atomic mass is 16.6. The first-order valence-corrected chi connectivity index (χ1v) is 9.72. The summed E-state index contributed by atoms with van der Waals surface area (Å²) >= 11 is 0. The third-order valence-corrected chi connectivity index (χ3v) is 5.45. The topological polar surface area (TPSA) is 51.3 Å². The summed E-state index contributed by atoms with van der Waals surface area (Å²) in [6.45, 7) is 6.83. The van der Waals surface area contributed by atoms with Crippen molar-refractivity contribution in [3.05, 3.63) is 98.9 Å². The molecule has 2 aromatic carbocycles. The van der Waals surface area contributed by atoms with E-state index < -0.39 is 0 Å². The van der Waals surface area contributed by atoms with E-state index in [1.165, 1.54) is 16.7 Å². The van der Waals surface area contributed by atoms with Gasteiger partial charge in [-0.15, -0.1) is 0 Å². The first kappa shape index (κ1) is 18.4. The number of rotatable bonds is 4. The maximum absolute atomic E-state index is 11.7. The number of nitro benzene ring substituents is 1. The lowest BCUT2D eigenvalue weighted by Crippen LogP contribution is -2.30. The van der Waals surface area contributed by atoms with E-state index in [9.17, 15) is 10.1 Å². The second kappa shape index (κ2) is 7.60. The molecule has 0 unspecified atom stereocenters. The van der Waals surface area contributed by atoms with Crippen molar-refractivity contribution in [3.8, 4) is 0 Å². The predicted octanol–water partition coefficient (Wildman–Crippen LogP) is 5.01. The molecular formula is C23H25N3O2. The van der Waals surface area contributed by atoms with Crippen LogP contribution in [0, 0.1) is 24.0 Å². The first-order chi connectivity index (χ1) is 13.5. The minimum Gasteiger partial charge on any atom is -0.350 e. The van der Waals surface area contributed by atoms with Crippen LogP contribution < -0.4 is 0 Å². The van der Waals surface area contributed by atoms with Crippen molar-refractivity contribution in [2.75, 3.05) is 6.54 Å². The van der Waals surface area contributed by atoms with Crippen molar-refractivity contribution in [1.82, 2.24) is 9.47 Å². The molecule has 0 bridgehead atoms. The number of hydrogen-bond donors (Lipinski definition) is 0. The summed E-state index contributed by atoms with van der Waals surface area (Å²) in [6.07, 6.45) is 3.10. The van der Waals surface area contributed by atoms with Gasteiger partial charge in [-0.2, -0.15) is 0 Å². The van der Waals surface area contributed by atoms with Gasteiger partial charge in [0.2, 0.25) is 0 Å². The van der Waals surface area contributed by atoms with Crippen LogP contribution in [0.25, 0.3) is 0 Å². The van der Waals surface area contributed by atoms with Gasteiger partial charge in [-0.05, 0) is 38.0 Å². The molecular weight excluding hydrogens is 350 g/mol. The molecule has 0 radical (unpaired) electrons. The van der Waals surface area contributed by atoms with Crippen molar-refractivity contribution in [3.63, 3.8) is 0 Å². The average Bonchev–Trinajstić information content (AvgIpc) is 3.03. The Labute approximate surface area is 165 Å². The zero-order chi connectivity index (χ0) is 19.7. The fraction of sp³-hybridized carbons (Fsp3) is 0.304. The Bertz CT molecular complexity index is 988. The van der Waals surface area contributed by atoms with Crippen LogP contribution in [0.15, 0.2) is 60.8 Å². The predicted molar refractivity (Wildman–Crippen MR) is 110 cm³/mol. The number of nitro groups is 1. The standard InChI is InChI=1S/C23H25N3O2/c1-17-13-18(2)15-19(14-17)16-25-12-6-11-24-10-5-9-22(24)23(25)20-7-3-4-8-21(20)26(27)28/h3-5,7-10,13-15,23H,6,11-12,16H2,1-2H3/t23-/m0/s1. The zero-order valence-electron chi connectivity index (χ0n) is 16.3. The molecule has 0 amide bonds. The van der Waals surface area contributed by atoms with Gasteiger partial charge >= 0.3 is 0 Å². The second-order valence-electron chi connectivity index (χ2n) is 7.66. The normalized spacial score (nSPS) is 17.1. The van der Waals surface area contributed by atoms with E-state index in [-0.39, 0.29) is 16.7 Å². The van der Waals surface area contributed by atoms with Crippen molar-refractivity contribution in [1.29, 1.82) is 0 Å². The summed E-state index contributed by atoms with van der Waals surface area (Å²) in [5, 5.41) is 11.7. The Kier molecular flexibility index (Phi) is 5.01. The molecule has 2 heterocycles. The Hall–Kier alpha value is -2.92. The third kappa shape index (κ3) is 3.58. The Morgan fingerprint density at radius 3 is 2.54 bits per heavy atom. The lowest BCUT2D eigenvalue weighted by atomic mass is 9.98. The maximum Gasteiger partial charge on any atom is 0.274 e. The fourth-order valence-corrected chi connectivity index (χ4v) is 4.45. The van der Waals surface area contributed by atoms with Gasteiger partial charge in [0, 0.05) is 37.6 Å². The van der Waals surface area contributed by atoms with Crippen LogP contribution in [0.4, 0.5) is 5.69 Å². The van der Waals surface area contributed by atoms with E-state index >= 15 is 0 Å². The molecule has 0 fully saturated rings. The van der Waals surface area contributed by atoms with Crippen LogP contribution in [0.3, 0.4) is 0 Å². The lowest BCUT2D eigenvalue weighted by Gasteiger charge is -2.30. The quantitative estimate of drug-likeness (QED) is 0.476. The number of aryl methyl sites for hydroxylation is 3. The SMILES string of the molecule is Cc1cc(C)cc(CN2CCCn3cccc3[C@@H]2c2ccccc2[N+](=O)[O-])c1. The molecule has 1 atom stereocenters. The number of fused-ring (bicyclic) bond motifs is 1. The van der Waals surface area contributed by atoms with E-state index in [1.807, 2.05) is 18.2 Å². The van der Waals surface area contributed by atoms with Gasteiger partial charge in [0.15, 0.2) is 0 Å². The highest BCUT2D eigenvalue weighted by Crippen LogP contribution is 2.37. The third-order valence-electron chi connectivity index (χ3n) is 5.45. The van der Waals surface area contributed by atoms with Crippen molar-refractivity contribution in [2.45, 2.75) is 39.4 Å². The average molecular weight is 375 g/mol. The Morgan fingerprint density at radius 2 is 1.79 bits per heavy atom. The van der Waals surface area contributed by atoms with Gasteiger partial charge < -0.3 is 4.57 Å². The summed E-state index contributed by atoms with van der Waals surface area (Å²) in [7, 11) is 0. The zero-order valence-corrected chi connectivity index (χ0v) is 16.3. The number of para-hydroxylation sites is 1. The highest BCUT2D eigenvalue weighted by molar-refractivity contribution is 5.46. The lowest BCUT2D eigenvalue weighted by molar-refractivity contribution is -0.385. The van der Waals surface area contributed by atoms with Crippen LogP contribution in [0.1, 0.15) is 40.4 Å². The molecule has 144 valence electrons. The number of hydrogen-bond acceptors (Lipinski definition) is 3. The first-order valence-electron chi connectivity index (χ1n) is 9.72. The van der Waals surface area contributed by atoms with Crippen molar-refractivity contribution >= 4 is 5.69 Å². The summed E-state index contributed by atoms with van der Waals surface area (Å²) in [4.78, 5) is 13.9. The molecule has 1 aliphatic rings. The molecule has 3 aromatic rings. The van der Waals surface area contributed by atoms with Crippen molar-refractivity contribution < 1.29 is 4.92 Å². The summed E-state index contributed by atoms with van der Waals surface area (Å²) in [5.41, 5.74) is 5.81. The van der Waals surface area contributed by atoms with Gasteiger partial charge in [0.05, 0.1) is 16.5 Å². The molecule has 5 heteroatoms. The second-order valence-corrected chi connectivity index (χ2v) is 7.66. The van der Waals surface area contributed by atoms with Crippen LogP contribution in [-0.2, 0) is 13.1 Å². The van der Waals surface area contributed by atoms with Gasteiger partial charge in [-0.25, -0.2) is 0 Å². The molecule has 0 aliphatic carbocycles. The number of nitrogens with zero attached hydrogens (tertiary/aromatic N) is 3. The molecule has 0 N–H and O–H groups in total. The Balaban J connectivity index is 1.81. The maximum atomic E-state index is 11.7. The van der Waals surface area contributed by atoms with Crippen LogP contribution in [0.5, 0.6) is 0 Å². The molecule has 0 spiro atoms. The summed E-state index contributed by atoms with van der Waals surface area (Å²) in [5.74, 6) is 0. The van der Waals surface area contributed by atoms with E-state index in [0.717, 1.165) is 37.3 Å². The van der Waals surface area contributed by atoms with Crippen LogP contribution >= 0.6 is 0 Å². The molecule has 5 nitrogen and oxygen atoms in total. The minimum absolute atomic E-state index is 0.139. The molecule has 1 aliphatic heterocycles.